The number of morpholine rings is 1. The van der Waals surface area contributed by atoms with Crippen LogP contribution < -0.4 is 10.6 Å². The minimum atomic E-state index is -0.192. The quantitative estimate of drug-likeness (QED) is 0.649. The molecule has 2 N–H and O–H groups in total. The number of ether oxygens (including phenoxy) is 1. The molecule has 3 saturated heterocycles. The molecule has 0 bridgehead atoms. The molecule has 3 rings (SSSR count). The number of nitrogens with zero attached hydrogens (tertiary/aromatic N) is 2. The van der Waals surface area contributed by atoms with E-state index in [4.69, 9.17) is 4.74 Å². The Morgan fingerprint density at radius 3 is 2.56 bits per heavy atom. The molecule has 0 spiro atoms. The molecule has 1 atom stereocenters. The van der Waals surface area contributed by atoms with Crippen LogP contribution in [0.1, 0.15) is 26.2 Å². The van der Waals surface area contributed by atoms with E-state index in [1.807, 2.05) is 4.90 Å². The lowest BCUT2D eigenvalue weighted by Gasteiger charge is -2.34. The van der Waals surface area contributed by atoms with Crippen LogP contribution in [0, 0.1) is 11.3 Å². The number of hydrogen-bond acceptors (Lipinski definition) is 5. The van der Waals surface area contributed by atoms with Crippen molar-refractivity contribution < 1.29 is 14.3 Å². The Labute approximate surface area is 174 Å². The maximum absolute atomic E-state index is 12.5. The molecule has 0 aliphatic carbocycles. The van der Waals surface area contributed by atoms with Gasteiger partial charge in [-0.2, -0.15) is 0 Å². The van der Waals surface area contributed by atoms with Gasteiger partial charge < -0.3 is 20.3 Å². The van der Waals surface area contributed by atoms with Crippen LogP contribution in [-0.4, -0.2) is 87.2 Å². The first-order valence-corrected chi connectivity index (χ1v) is 9.62. The summed E-state index contributed by atoms with van der Waals surface area (Å²) in [4.78, 5) is 28.9. The van der Waals surface area contributed by atoms with Crippen LogP contribution in [-0.2, 0) is 14.3 Å². The molecule has 3 fully saturated rings. The molecule has 0 radical (unpaired) electrons. The van der Waals surface area contributed by atoms with Gasteiger partial charge >= 0.3 is 0 Å². The van der Waals surface area contributed by atoms with Gasteiger partial charge in [0.2, 0.25) is 11.8 Å². The first-order valence-electron chi connectivity index (χ1n) is 9.62. The van der Waals surface area contributed by atoms with Gasteiger partial charge in [-0.1, -0.05) is 6.92 Å². The number of hydrogen-bond donors (Lipinski definition) is 2. The second-order valence-electron chi connectivity index (χ2n) is 7.97. The lowest BCUT2D eigenvalue weighted by molar-refractivity contribution is -0.129. The third kappa shape index (κ3) is 7.06. The van der Waals surface area contributed by atoms with Crippen molar-refractivity contribution in [3.63, 3.8) is 0 Å². The Bertz CT molecular complexity index is 483. The molecular formula is C18H34Cl2N4O3. The third-order valence-corrected chi connectivity index (χ3v) is 5.88. The zero-order valence-corrected chi connectivity index (χ0v) is 17.8. The molecule has 9 heteroatoms. The Balaban J connectivity index is 0.00000182. The number of amides is 2. The number of carbonyl (C=O) groups is 2. The monoisotopic (exact) mass is 424 g/mol. The summed E-state index contributed by atoms with van der Waals surface area (Å²) in [5.41, 5.74) is 0.180. The fourth-order valence-electron chi connectivity index (χ4n) is 3.90. The highest BCUT2D eigenvalue weighted by atomic mass is 35.5. The zero-order valence-electron chi connectivity index (χ0n) is 16.2. The molecule has 1 unspecified atom stereocenters. The molecular weight excluding hydrogens is 391 g/mol. The summed E-state index contributed by atoms with van der Waals surface area (Å²) in [6, 6.07) is 0. The van der Waals surface area contributed by atoms with Gasteiger partial charge in [0.25, 0.3) is 0 Å². The smallest absolute Gasteiger partial charge is 0.225 e. The fraction of sp³-hybridized carbons (Fsp3) is 0.889. The van der Waals surface area contributed by atoms with Crippen LogP contribution in [0.3, 0.4) is 0 Å². The Morgan fingerprint density at radius 2 is 1.89 bits per heavy atom. The number of carbonyl (C=O) groups excluding carboxylic acids is 2. The standard InChI is InChI=1S/C18H32N4O3.2ClH/c1-18(2-4-19-5-3-18)14-20-17(24)15-12-16(23)22(13-15)7-6-21-8-10-25-11-9-21;;/h15,19H,2-14H2,1H3,(H,20,24);2*1H. The van der Waals surface area contributed by atoms with Crippen LogP contribution in [0.4, 0.5) is 0 Å². The van der Waals surface area contributed by atoms with Gasteiger partial charge in [-0.05, 0) is 31.3 Å². The van der Waals surface area contributed by atoms with Crippen molar-refractivity contribution in [3.05, 3.63) is 0 Å². The van der Waals surface area contributed by atoms with E-state index in [0.29, 0.717) is 26.1 Å². The van der Waals surface area contributed by atoms with Crippen molar-refractivity contribution >= 4 is 36.6 Å². The maximum atomic E-state index is 12.5. The highest BCUT2D eigenvalue weighted by molar-refractivity contribution is 5.89. The Kier molecular flexibility index (Phi) is 10.3. The molecule has 0 saturated carbocycles. The number of nitrogens with one attached hydrogen (secondary N) is 2. The molecule has 2 amide bonds. The Morgan fingerprint density at radius 1 is 1.22 bits per heavy atom. The summed E-state index contributed by atoms with van der Waals surface area (Å²) >= 11 is 0. The summed E-state index contributed by atoms with van der Waals surface area (Å²) in [5.74, 6) is -0.0361. The molecule has 0 aromatic heterocycles. The van der Waals surface area contributed by atoms with Crippen molar-refractivity contribution in [2.75, 3.05) is 65.6 Å². The van der Waals surface area contributed by atoms with Gasteiger partial charge in [-0.3, -0.25) is 14.5 Å². The van der Waals surface area contributed by atoms with Crippen LogP contribution in [0.2, 0.25) is 0 Å². The third-order valence-electron chi connectivity index (χ3n) is 5.88. The average Bonchev–Trinajstić information content (AvgIpc) is 3.00. The van der Waals surface area contributed by atoms with Crippen molar-refractivity contribution in [3.8, 4) is 0 Å². The SMILES string of the molecule is CC1(CNC(=O)C2CC(=O)N(CCN3CCOCC3)C2)CCNCC1.Cl.Cl. The van der Waals surface area contributed by atoms with E-state index >= 15 is 0 Å². The summed E-state index contributed by atoms with van der Waals surface area (Å²) < 4.78 is 5.35. The first kappa shape index (κ1) is 24.4. The van der Waals surface area contributed by atoms with Gasteiger partial charge in [0.1, 0.15) is 0 Å². The topological polar surface area (TPSA) is 73.9 Å². The molecule has 0 aromatic carbocycles. The normalized spacial score (nSPS) is 25.4. The summed E-state index contributed by atoms with van der Waals surface area (Å²) in [6.45, 7) is 10.5. The minimum absolute atomic E-state index is 0. The fourth-order valence-corrected chi connectivity index (χ4v) is 3.90. The van der Waals surface area contributed by atoms with Crippen LogP contribution in [0.15, 0.2) is 0 Å². The lowest BCUT2D eigenvalue weighted by atomic mass is 9.81. The van der Waals surface area contributed by atoms with Gasteiger partial charge in [0.05, 0.1) is 19.1 Å². The summed E-state index contributed by atoms with van der Waals surface area (Å²) in [5, 5.41) is 6.47. The predicted molar refractivity (Wildman–Crippen MR) is 110 cm³/mol. The lowest BCUT2D eigenvalue weighted by Crippen LogP contribution is -2.45. The van der Waals surface area contributed by atoms with Crippen molar-refractivity contribution in [2.45, 2.75) is 26.2 Å². The highest BCUT2D eigenvalue weighted by Crippen LogP contribution is 2.27. The van der Waals surface area contributed by atoms with E-state index in [1.165, 1.54) is 0 Å². The predicted octanol–water partition coefficient (Wildman–Crippen LogP) is 0.517. The Hall–Kier alpha value is -0.600. The van der Waals surface area contributed by atoms with Crippen molar-refractivity contribution in [1.29, 1.82) is 0 Å². The highest BCUT2D eigenvalue weighted by Gasteiger charge is 2.35. The second kappa shape index (κ2) is 11.4. The van der Waals surface area contributed by atoms with Crippen LogP contribution >= 0.6 is 24.8 Å². The largest absolute Gasteiger partial charge is 0.379 e. The van der Waals surface area contributed by atoms with E-state index in [1.54, 1.807) is 0 Å². The summed E-state index contributed by atoms with van der Waals surface area (Å²) in [6.07, 6.45) is 2.53. The molecule has 3 aliphatic heterocycles. The van der Waals surface area contributed by atoms with Crippen LogP contribution in [0.25, 0.3) is 0 Å². The van der Waals surface area contributed by atoms with Crippen molar-refractivity contribution in [1.82, 2.24) is 20.4 Å². The van der Waals surface area contributed by atoms with E-state index in [2.05, 4.69) is 22.5 Å². The van der Waals surface area contributed by atoms with Gasteiger partial charge in [0.15, 0.2) is 0 Å². The molecule has 0 aromatic rings. The molecule has 7 nitrogen and oxygen atoms in total. The number of piperidine rings is 1. The van der Waals surface area contributed by atoms with Gasteiger partial charge in [-0.25, -0.2) is 0 Å². The average molecular weight is 425 g/mol. The minimum Gasteiger partial charge on any atom is -0.379 e. The van der Waals surface area contributed by atoms with E-state index in [9.17, 15) is 9.59 Å². The van der Waals surface area contributed by atoms with E-state index in [0.717, 1.165) is 58.8 Å². The maximum Gasteiger partial charge on any atom is 0.225 e. The van der Waals surface area contributed by atoms with Crippen LogP contribution in [0.5, 0.6) is 0 Å². The zero-order chi connectivity index (χ0) is 17.7. The number of halogens is 2. The molecule has 3 heterocycles. The number of rotatable bonds is 6. The van der Waals surface area contributed by atoms with Gasteiger partial charge in [-0.15, -0.1) is 24.8 Å². The van der Waals surface area contributed by atoms with E-state index in [-0.39, 0.29) is 48.0 Å². The molecule has 158 valence electrons. The summed E-state index contributed by atoms with van der Waals surface area (Å²) in [7, 11) is 0. The second-order valence-corrected chi connectivity index (χ2v) is 7.97. The molecule has 3 aliphatic rings. The molecule has 27 heavy (non-hydrogen) atoms. The van der Waals surface area contributed by atoms with Gasteiger partial charge in [0, 0.05) is 45.7 Å². The van der Waals surface area contributed by atoms with E-state index < -0.39 is 0 Å². The number of likely N-dealkylation sites (tertiary alicyclic amines) is 1. The van der Waals surface area contributed by atoms with Crippen molar-refractivity contribution in [2.24, 2.45) is 11.3 Å². The first-order chi connectivity index (χ1) is 12.1.